The summed E-state index contributed by atoms with van der Waals surface area (Å²) >= 11 is 0. The second-order valence-corrected chi connectivity index (χ2v) is 6.39. The number of nitrogens with two attached hydrogens (primary N) is 1. The van der Waals surface area contributed by atoms with Crippen molar-refractivity contribution in [2.75, 3.05) is 33.8 Å². The Morgan fingerprint density at radius 3 is 2.53 bits per heavy atom. The highest BCUT2D eigenvalue weighted by molar-refractivity contribution is 7.87. The molecule has 1 fully saturated rings. The molecule has 0 spiro atoms. The van der Waals surface area contributed by atoms with Gasteiger partial charge in [0.15, 0.2) is 0 Å². The van der Waals surface area contributed by atoms with Crippen LogP contribution in [0.2, 0.25) is 0 Å². The van der Waals surface area contributed by atoms with Crippen molar-refractivity contribution in [1.82, 2.24) is 9.03 Å². The molecule has 7 heteroatoms. The summed E-state index contributed by atoms with van der Waals surface area (Å²) in [6.07, 6.45) is 3.59. The molecule has 17 heavy (non-hydrogen) atoms. The highest BCUT2D eigenvalue weighted by Crippen LogP contribution is 2.34. The lowest BCUT2D eigenvalue weighted by molar-refractivity contribution is -0.0661. The van der Waals surface area contributed by atoms with Gasteiger partial charge in [-0.15, -0.1) is 0 Å². The van der Waals surface area contributed by atoms with Crippen LogP contribution in [0.25, 0.3) is 0 Å². The second kappa shape index (κ2) is 6.10. The van der Waals surface area contributed by atoms with Crippen molar-refractivity contribution in [3.8, 4) is 0 Å². The number of nitrogens with zero attached hydrogens (tertiary/aromatic N) is 1. The van der Waals surface area contributed by atoms with Crippen LogP contribution in [-0.2, 0) is 14.9 Å². The average molecular weight is 265 g/mol. The Balaban J connectivity index is 2.43. The Bertz CT molecular complexity index is 322. The molecule has 0 amide bonds. The van der Waals surface area contributed by atoms with Crippen molar-refractivity contribution >= 4 is 10.2 Å². The summed E-state index contributed by atoms with van der Waals surface area (Å²) in [4.78, 5) is 0. The van der Waals surface area contributed by atoms with Gasteiger partial charge in [-0.2, -0.15) is 17.4 Å². The Morgan fingerprint density at radius 2 is 2.12 bits per heavy atom. The molecule has 1 aliphatic carbocycles. The topological polar surface area (TPSA) is 84.7 Å². The SMILES string of the molecule is COC1(CNS(=O)(=O)N(C)CCCN)CCC1. The molecule has 0 bridgehead atoms. The van der Waals surface area contributed by atoms with Crippen LogP contribution in [0.1, 0.15) is 25.7 Å². The van der Waals surface area contributed by atoms with Gasteiger partial charge < -0.3 is 10.5 Å². The first kappa shape index (κ1) is 14.8. The molecule has 0 aromatic carbocycles. The quantitative estimate of drug-likeness (QED) is 0.629. The monoisotopic (exact) mass is 265 g/mol. The van der Waals surface area contributed by atoms with E-state index in [2.05, 4.69) is 4.72 Å². The summed E-state index contributed by atoms with van der Waals surface area (Å²) in [6, 6.07) is 0. The maximum atomic E-state index is 11.9. The normalized spacial score (nSPS) is 19.3. The standard InChI is InChI=1S/C10H23N3O3S/c1-13(8-4-7-11)17(14,15)12-9-10(16-2)5-3-6-10/h12H,3-9,11H2,1-2H3. The van der Waals surface area contributed by atoms with Crippen LogP contribution in [0, 0.1) is 0 Å². The predicted molar refractivity (Wildman–Crippen MR) is 66.8 cm³/mol. The van der Waals surface area contributed by atoms with Crippen LogP contribution in [0.3, 0.4) is 0 Å². The molecule has 6 nitrogen and oxygen atoms in total. The molecule has 102 valence electrons. The van der Waals surface area contributed by atoms with E-state index in [1.807, 2.05) is 0 Å². The second-order valence-electron chi connectivity index (χ2n) is 4.53. The Morgan fingerprint density at radius 1 is 1.47 bits per heavy atom. The molecule has 0 saturated heterocycles. The van der Waals surface area contributed by atoms with Crippen molar-refractivity contribution in [3.05, 3.63) is 0 Å². The summed E-state index contributed by atoms with van der Waals surface area (Å²) in [7, 11) is -0.220. The van der Waals surface area contributed by atoms with E-state index in [1.54, 1.807) is 14.2 Å². The first-order valence-electron chi connectivity index (χ1n) is 5.92. The van der Waals surface area contributed by atoms with Crippen LogP contribution in [0.5, 0.6) is 0 Å². The van der Waals surface area contributed by atoms with E-state index in [-0.39, 0.29) is 5.60 Å². The van der Waals surface area contributed by atoms with Crippen molar-refractivity contribution in [3.63, 3.8) is 0 Å². The maximum Gasteiger partial charge on any atom is 0.279 e. The van der Waals surface area contributed by atoms with E-state index in [9.17, 15) is 8.42 Å². The van der Waals surface area contributed by atoms with Gasteiger partial charge in [-0.25, -0.2) is 0 Å². The molecule has 1 saturated carbocycles. The van der Waals surface area contributed by atoms with Crippen molar-refractivity contribution in [2.24, 2.45) is 5.73 Å². The molecule has 0 atom stereocenters. The molecule has 0 heterocycles. The zero-order chi connectivity index (χ0) is 12.9. The largest absolute Gasteiger partial charge is 0.377 e. The molecular formula is C10H23N3O3S. The zero-order valence-electron chi connectivity index (χ0n) is 10.6. The summed E-state index contributed by atoms with van der Waals surface area (Å²) in [5, 5.41) is 0. The first-order chi connectivity index (χ1) is 7.96. The number of hydrogen-bond acceptors (Lipinski definition) is 4. The Hall–Kier alpha value is -0.210. The van der Waals surface area contributed by atoms with Crippen LogP contribution >= 0.6 is 0 Å². The predicted octanol–water partition coefficient (Wildman–Crippen LogP) is -0.329. The summed E-state index contributed by atoms with van der Waals surface area (Å²) in [5.74, 6) is 0. The number of hydrogen-bond donors (Lipinski definition) is 2. The first-order valence-corrected chi connectivity index (χ1v) is 7.36. The lowest BCUT2D eigenvalue weighted by atomic mass is 9.80. The van der Waals surface area contributed by atoms with Gasteiger partial charge in [-0.1, -0.05) is 0 Å². The van der Waals surface area contributed by atoms with E-state index in [0.717, 1.165) is 19.3 Å². The van der Waals surface area contributed by atoms with Crippen LogP contribution < -0.4 is 10.5 Å². The highest BCUT2D eigenvalue weighted by atomic mass is 32.2. The maximum absolute atomic E-state index is 11.9. The van der Waals surface area contributed by atoms with E-state index in [1.165, 1.54) is 4.31 Å². The van der Waals surface area contributed by atoms with Crippen molar-refractivity contribution in [2.45, 2.75) is 31.3 Å². The minimum atomic E-state index is -3.40. The molecule has 3 N–H and O–H groups in total. The summed E-state index contributed by atoms with van der Waals surface area (Å²) in [5.41, 5.74) is 5.06. The zero-order valence-corrected chi connectivity index (χ0v) is 11.4. The summed E-state index contributed by atoms with van der Waals surface area (Å²) < 4.78 is 33.0. The van der Waals surface area contributed by atoms with Crippen LogP contribution in [-0.4, -0.2) is 52.1 Å². The van der Waals surface area contributed by atoms with Gasteiger partial charge in [0, 0.05) is 27.2 Å². The molecule has 0 aromatic heterocycles. The Kier molecular flexibility index (Phi) is 5.33. The molecule has 0 radical (unpaired) electrons. The number of methoxy groups -OCH3 is 1. The van der Waals surface area contributed by atoms with Crippen molar-refractivity contribution < 1.29 is 13.2 Å². The minimum Gasteiger partial charge on any atom is -0.377 e. The fraction of sp³-hybridized carbons (Fsp3) is 1.00. The summed E-state index contributed by atoms with van der Waals surface area (Å²) in [6.45, 7) is 1.27. The highest BCUT2D eigenvalue weighted by Gasteiger charge is 2.38. The lowest BCUT2D eigenvalue weighted by Gasteiger charge is -2.40. The van der Waals surface area contributed by atoms with Gasteiger partial charge in [0.05, 0.1) is 5.60 Å². The minimum absolute atomic E-state index is 0.290. The molecule has 1 rings (SSSR count). The Labute approximate surface area is 104 Å². The van der Waals surface area contributed by atoms with Gasteiger partial charge >= 0.3 is 0 Å². The fourth-order valence-electron chi connectivity index (χ4n) is 1.79. The number of nitrogens with one attached hydrogen (secondary N) is 1. The molecule has 0 aliphatic heterocycles. The number of ether oxygens (including phenoxy) is 1. The third-order valence-corrected chi connectivity index (χ3v) is 4.87. The van der Waals surface area contributed by atoms with E-state index in [0.29, 0.717) is 26.1 Å². The van der Waals surface area contributed by atoms with Gasteiger partial charge in [-0.3, -0.25) is 0 Å². The van der Waals surface area contributed by atoms with Gasteiger partial charge in [0.2, 0.25) is 0 Å². The molecule has 1 aliphatic rings. The smallest absolute Gasteiger partial charge is 0.279 e. The van der Waals surface area contributed by atoms with Crippen molar-refractivity contribution in [1.29, 1.82) is 0 Å². The van der Waals surface area contributed by atoms with Crippen LogP contribution in [0.4, 0.5) is 0 Å². The third-order valence-electron chi connectivity index (χ3n) is 3.36. The fourth-order valence-corrected chi connectivity index (χ4v) is 2.83. The molecular weight excluding hydrogens is 242 g/mol. The van der Waals surface area contributed by atoms with E-state index in [4.69, 9.17) is 10.5 Å². The number of rotatable bonds is 8. The van der Waals surface area contributed by atoms with E-state index >= 15 is 0 Å². The van der Waals surface area contributed by atoms with Gasteiger partial charge in [0.25, 0.3) is 10.2 Å². The van der Waals surface area contributed by atoms with E-state index < -0.39 is 10.2 Å². The van der Waals surface area contributed by atoms with Gasteiger partial charge in [-0.05, 0) is 32.2 Å². The molecule has 0 unspecified atom stereocenters. The molecule has 0 aromatic rings. The van der Waals surface area contributed by atoms with Crippen LogP contribution in [0.15, 0.2) is 0 Å². The average Bonchev–Trinajstić information content (AvgIpc) is 2.24. The lowest BCUT2D eigenvalue weighted by Crippen LogP contribution is -2.51. The third kappa shape index (κ3) is 3.89. The van der Waals surface area contributed by atoms with Gasteiger partial charge in [0.1, 0.15) is 0 Å².